The molecular formula is C14H14F5NO3. The minimum atomic E-state index is -2.19. The Morgan fingerprint density at radius 2 is 1.70 bits per heavy atom. The van der Waals surface area contributed by atoms with Crippen LogP contribution < -0.4 is 0 Å². The molecule has 2 rings (SSSR count). The molecule has 1 aromatic carbocycles. The lowest BCUT2D eigenvalue weighted by Crippen LogP contribution is -2.43. The number of hydrogen-bond donors (Lipinski definition) is 0. The Morgan fingerprint density at radius 1 is 1.13 bits per heavy atom. The molecule has 1 aromatic rings. The van der Waals surface area contributed by atoms with Crippen molar-refractivity contribution in [2.24, 2.45) is 0 Å². The fourth-order valence-corrected chi connectivity index (χ4v) is 2.33. The number of esters is 1. The maximum Gasteiger partial charge on any atom is 0.308 e. The van der Waals surface area contributed by atoms with E-state index in [1.807, 2.05) is 0 Å². The van der Waals surface area contributed by atoms with Gasteiger partial charge in [0.25, 0.3) is 0 Å². The molecule has 0 saturated carbocycles. The van der Waals surface area contributed by atoms with E-state index >= 15 is 0 Å². The molecule has 1 saturated heterocycles. The summed E-state index contributed by atoms with van der Waals surface area (Å²) in [6.07, 6.45) is -0.637. The smallest absolute Gasteiger partial charge is 0.308 e. The maximum absolute atomic E-state index is 13.7. The molecule has 23 heavy (non-hydrogen) atoms. The number of benzene rings is 1. The molecule has 1 aliphatic heterocycles. The molecule has 1 unspecified atom stereocenters. The van der Waals surface area contributed by atoms with Crippen LogP contribution in [0.5, 0.6) is 0 Å². The number of carbonyl (C=O) groups excluding carboxylic acids is 1. The van der Waals surface area contributed by atoms with Gasteiger partial charge in [0.05, 0.1) is 26.2 Å². The molecule has 0 bridgehead atoms. The molecular weight excluding hydrogens is 325 g/mol. The SMILES string of the molecule is COC(=O)CC1CN(Cc2c(F)c(F)c(F)c(F)c2F)CCO1. The van der Waals surface area contributed by atoms with Crippen LogP contribution in [0.3, 0.4) is 0 Å². The maximum atomic E-state index is 13.7. The molecule has 0 N–H and O–H groups in total. The molecule has 0 amide bonds. The molecule has 1 atom stereocenters. The van der Waals surface area contributed by atoms with Crippen LogP contribution in [0.2, 0.25) is 0 Å². The average molecular weight is 339 g/mol. The van der Waals surface area contributed by atoms with Gasteiger partial charge in [0.15, 0.2) is 23.3 Å². The quantitative estimate of drug-likeness (QED) is 0.365. The second-order valence-electron chi connectivity index (χ2n) is 5.06. The van der Waals surface area contributed by atoms with Gasteiger partial charge in [-0.05, 0) is 0 Å². The van der Waals surface area contributed by atoms with Crippen molar-refractivity contribution < 1.29 is 36.2 Å². The Kier molecular flexibility index (Phi) is 5.53. The van der Waals surface area contributed by atoms with Gasteiger partial charge in [-0.3, -0.25) is 9.69 Å². The lowest BCUT2D eigenvalue weighted by atomic mass is 10.1. The van der Waals surface area contributed by atoms with Crippen LogP contribution in [0.1, 0.15) is 12.0 Å². The summed E-state index contributed by atoms with van der Waals surface area (Å²) in [5.74, 6) is -10.4. The molecule has 0 spiro atoms. The number of methoxy groups -OCH3 is 1. The Labute approximate surface area is 128 Å². The highest BCUT2D eigenvalue weighted by molar-refractivity contribution is 5.69. The van der Waals surface area contributed by atoms with E-state index in [1.165, 1.54) is 12.0 Å². The summed E-state index contributed by atoms with van der Waals surface area (Å²) in [6, 6.07) is 0. The minimum Gasteiger partial charge on any atom is -0.469 e. The summed E-state index contributed by atoms with van der Waals surface area (Å²) in [5, 5.41) is 0. The van der Waals surface area contributed by atoms with Crippen molar-refractivity contribution in [2.75, 3.05) is 26.8 Å². The predicted octanol–water partition coefficient (Wildman–Crippen LogP) is 2.15. The summed E-state index contributed by atoms with van der Waals surface area (Å²) in [6.45, 7) is 0.0235. The van der Waals surface area contributed by atoms with Gasteiger partial charge >= 0.3 is 5.97 Å². The molecule has 0 aromatic heterocycles. The van der Waals surface area contributed by atoms with Crippen LogP contribution in [0.25, 0.3) is 0 Å². The monoisotopic (exact) mass is 339 g/mol. The number of hydrogen-bond acceptors (Lipinski definition) is 4. The molecule has 9 heteroatoms. The first-order chi connectivity index (χ1) is 10.8. The normalized spacial score (nSPS) is 19.0. The molecule has 1 fully saturated rings. The summed E-state index contributed by atoms with van der Waals surface area (Å²) in [5.41, 5.74) is -0.903. The van der Waals surface area contributed by atoms with Crippen molar-refractivity contribution in [1.29, 1.82) is 0 Å². The van der Waals surface area contributed by atoms with E-state index in [2.05, 4.69) is 4.74 Å². The topological polar surface area (TPSA) is 38.8 Å². The van der Waals surface area contributed by atoms with Crippen molar-refractivity contribution in [1.82, 2.24) is 4.90 Å². The molecule has 4 nitrogen and oxygen atoms in total. The van der Waals surface area contributed by atoms with Gasteiger partial charge < -0.3 is 9.47 Å². The van der Waals surface area contributed by atoms with E-state index in [0.29, 0.717) is 0 Å². The van der Waals surface area contributed by atoms with Crippen LogP contribution in [-0.4, -0.2) is 43.8 Å². The number of nitrogens with zero attached hydrogens (tertiary/aromatic N) is 1. The van der Waals surface area contributed by atoms with E-state index < -0.39 is 53.3 Å². The zero-order valence-corrected chi connectivity index (χ0v) is 12.2. The standard InChI is InChI=1S/C14H14F5NO3/c1-22-9(21)4-7-5-20(2-3-23-7)6-8-10(15)12(17)14(19)13(18)11(8)16/h7H,2-6H2,1H3. The number of rotatable bonds is 4. The van der Waals surface area contributed by atoms with Crippen LogP contribution in [-0.2, 0) is 20.8 Å². The zero-order valence-electron chi connectivity index (χ0n) is 12.2. The van der Waals surface area contributed by atoms with Gasteiger partial charge in [0.2, 0.25) is 5.82 Å². The van der Waals surface area contributed by atoms with Crippen molar-refractivity contribution in [2.45, 2.75) is 19.1 Å². The molecule has 0 aliphatic carbocycles. The number of morpholine rings is 1. The van der Waals surface area contributed by atoms with Crippen LogP contribution in [0.4, 0.5) is 22.0 Å². The van der Waals surface area contributed by atoms with Crippen LogP contribution >= 0.6 is 0 Å². The fraction of sp³-hybridized carbons (Fsp3) is 0.500. The van der Waals surface area contributed by atoms with E-state index in [9.17, 15) is 26.7 Å². The average Bonchev–Trinajstić information content (AvgIpc) is 2.55. The highest BCUT2D eigenvalue weighted by atomic mass is 19.2. The van der Waals surface area contributed by atoms with Crippen LogP contribution in [0.15, 0.2) is 0 Å². The van der Waals surface area contributed by atoms with Crippen molar-refractivity contribution >= 4 is 5.97 Å². The van der Waals surface area contributed by atoms with Gasteiger partial charge in [-0.25, -0.2) is 22.0 Å². The second-order valence-corrected chi connectivity index (χ2v) is 5.06. The van der Waals surface area contributed by atoms with Gasteiger partial charge in [-0.2, -0.15) is 0 Å². The lowest BCUT2D eigenvalue weighted by molar-refractivity contribution is -0.145. The summed E-state index contributed by atoms with van der Waals surface area (Å²) in [7, 11) is 1.21. The Hall–Kier alpha value is -1.74. The second kappa shape index (κ2) is 7.22. The summed E-state index contributed by atoms with van der Waals surface area (Å²) in [4.78, 5) is 12.7. The first kappa shape index (κ1) is 17.6. The first-order valence-electron chi connectivity index (χ1n) is 6.76. The predicted molar refractivity (Wildman–Crippen MR) is 67.9 cm³/mol. The Balaban J connectivity index is 2.14. The zero-order chi connectivity index (χ0) is 17.1. The van der Waals surface area contributed by atoms with E-state index in [4.69, 9.17) is 4.74 Å². The summed E-state index contributed by atoms with van der Waals surface area (Å²) < 4.78 is 76.5. The molecule has 128 valence electrons. The Bertz CT molecular complexity index is 582. The Morgan fingerprint density at radius 3 is 2.26 bits per heavy atom. The van der Waals surface area contributed by atoms with Crippen molar-refractivity contribution in [3.8, 4) is 0 Å². The van der Waals surface area contributed by atoms with E-state index in [1.54, 1.807) is 0 Å². The highest BCUT2D eigenvalue weighted by Gasteiger charge is 2.29. The lowest BCUT2D eigenvalue weighted by Gasteiger charge is -2.32. The van der Waals surface area contributed by atoms with Gasteiger partial charge in [-0.1, -0.05) is 0 Å². The number of carbonyl (C=O) groups is 1. The van der Waals surface area contributed by atoms with Crippen LogP contribution in [0, 0.1) is 29.1 Å². The molecule has 1 aliphatic rings. The van der Waals surface area contributed by atoms with Gasteiger partial charge in [0.1, 0.15) is 0 Å². The van der Waals surface area contributed by atoms with Crippen molar-refractivity contribution in [3.63, 3.8) is 0 Å². The van der Waals surface area contributed by atoms with Gasteiger partial charge in [0, 0.05) is 25.2 Å². The van der Waals surface area contributed by atoms with Crippen molar-refractivity contribution in [3.05, 3.63) is 34.6 Å². The summed E-state index contributed by atoms with van der Waals surface area (Å²) >= 11 is 0. The van der Waals surface area contributed by atoms with E-state index in [0.717, 1.165) is 0 Å². The fourth-order valence-electron chi connectivity index (χ4n) is 2.33. The third-order valence-electron chi connectivity index (χ3n) is 3.53. The van der Waals surface area contributed by atoms with E-state index in [-0.39, 0.29) is 26.1 Å². The minimum absolute atomic E-state index is 0.0654. The molecule has 1 heterocycles. The third kappa shape index (κ3) is 3.78. The third-order valence-corrected chi connectivity index (χ3v) is 3.53. The number of halogens is 5. The number of ether oxygens (including phenoxy) is 2. The highest BCUT2D eigenvalue weighted by Crippen LogP contribution is 2.25. The molecule has 0 radical (unpaired) electrons. The largest absolute Gasteiger partial charge is 0.469 e. The van der Waals surface area contributed by atoms with Gasteiger partial charge in [-0.15, -0.1) is 0 Å². The first-order valence-corrected chi connectivity index (χ1v) is 6.76.